The molecule has 1 aliphatic heterocycles. The van der Waals surface area contributed by atoms with Crippen LogP contribution < -0.4 is 5.32 Å². The van der Waals surface area contributed by atoms with Crippen molar-refractivity contribution in [2.45, 2.75) is 48.8 Å². The monoisotopic (exact) mass is 371 g/mol. The standard InChI is InChI=1S/C16H25N3O3S2/c1-12(2)10-18-16(20)13(3)23-15-7-6-14(11-17-15)24(21,22)19-8-4-5-9-19/h6-7,11-13H,4-5,8-10H2,1-3H3,(H,18,20). The lowest BCUT2D eigenvalue weighted by Crippen LogP contribution is -2.33. The largest absolute Gasteiger partial charge is 0.355 e. The minimum atomic E-state index is -3.44. The van der Waals surface area contributed by atoms with Gasteiger partial charge in [-0.15, -0.1) is 0 Å². The maximum atomic E-state index is 12.4. The number of carbonyl (C=O) groups is 1. The molecule has 1 aliphatic rings. The summed E-state index contributed by atoms with van der Waals surface area (Å²) in [5.41, 5.74) is 0. The van der Waals surface area contributed by atoms with E-state index in [0.717, 1.165) is 12.8 Å². The normalized spacial score (nSPS) is 17.2. The SMILES string of the molecule is CC(C)CNC(=O)C(C)Sc1ccc(S(=O)(=O)N2CCCC2)cn1. The van der Waals surface area contributed by atoms with Gasteiger partial charge in [0.25, 0.3) is 0 Å². The Labute approximate surface area is 148 Å². The van der Waals surface area contributed by atoms with E-state index in [9.17, 15) is 13.2 Å². The second kappa shape index (κ2) is 8.31. The third kappa shape index (κ3) is 4.94. The second-order valence-electron chi connectivity index (χ2n) is 6.34. The molecule has 24 heavy (non-hydrogen) atoms. The Morgan fingerprint density at radius 1 is 1.29 bits per heavy atom. The van der Waals surface area contributed by atoms with E-state index >= 15 is 0 Å². The minimum absolute atomic E-state index is 0.0377. The van der Waals surface area contributed by atoms with E-state index in [1.165, 1.54) is 22.3 Å². The molecule has 1 aromatic rings. The van der Waals surface area contributed by atoms with Crippen LogP contribution in [0.25, 0.3) is 0 Å². The lowest BCUT2D eigenvalue weighted by molar-refractivity contribution is -0.120. The number of aromatic nitrogens is 1. The summed E-state index contributed by atoms with van der Waals surface area (Å²) in [6, 6.07) is 3.24. The van der Waals surface area contributed by atoms with Crippen molar-refractivity contribution in [2.24, 2.45) is 5.92 Å². The summed E-state index contributed by atoms with van der Waals surface area (Å²) in [6.07, 6.45) is 3.20. The van der Waals surface area contributed by atoms with Crippen molar-refractivity contribution in [3.8, 4) is 0 Å². The molecule has 0 saturated carbocycles. The van der Waals surface area contributed by atoms with Crippen molar-refractivity contribution in [3.63, 3.8) is 0 Å². The van der Waals surface area contributed by atoms with Crippen LogP contribution in [0.4, 0.5) is 0 Å². The third-order valence-corrected chi connectivity index (χ3v) is 6.70. The Hall–Kier alpha value is -1.12. The second-order valence-corrected chi connectivity index (χ2v) is 9.64. The molecule has 0 bridgehead atoms. The van der Waals surface area contributed by atoms with Crippen molar-refractivity contribution in [1.29, 1.82) is 0 Å². The van der Waals surface area contributed by atoms with Crippen molar-refractivity contribution in [2.75, 3.05) is 19.6 Å². The van der Waals surface area contributed by atoms with Gasteiger partial charge in [-0.25, -0.2) is 13.4 Å². The van der Waals surface area contributed by atoms with E-state index in [1.54, 1.807) is 12.1 Å². The topological polar surface area (TPSA) is 79.4 Å². The summed E-state index contributed by atoms with van der Waals surface area (Å²) in [5.74, 6) is 0.364. The van der Waals surface area contributed by atoms with Gasteiger partial charge in [0.2, 0.25) is 15.9 Å². The summed E-state index contributed by atoms with van der Waals surface area (Å²) >= 11 is 1.32. The number of sulfonamides is 1. The van der Waals surface area contributed by atoms with Crippen LogP contribution >= 0.6 is 11.8 Å². The molecule has 2 heterocycles. The Bertz CT molecular complexity index is 654. The van der Waals surface area contributed by atoms with E-state index in [-0.39, 0.29) is 16.1 Å². The highest BCUT2D eigenvalue weighted by molar-refractivity contribution is 8.00. The first-order chi connectivity index (χ1) is 11.3. The molecule has 1 aromatic heterocycles. The van der Waals surface area contributed by atoms with Crippen molar-refractivity contribution >= 4 is 27.7 Å². The number of pyridine rings is 1. The Kier molecular flexibility index (Phi) is 6.65. The average Bonchev–Trinajstić information content (AvgIpc) is 3.08. The van der Waals surface area contributed by atoms with Crippen molar-refractivity contribution < 1.29 is 13.2 Å². The van der Waals surface area contributed by atoms with Gasteiger partial charge in [-0.2, -0.15) is 4.31 Å². The van der Waals surface area contributed by atoms with E-state index in [2.05, 4.69) is 10.3 Å². The maximum absolute atomic E-state index is 12.4. The van der Waals surface area contributed by atoms with Gasteiger partial charge in [-0.1, -0.05) is 25.6 Å². The first kappa shape index (κ1) is 19.2. The molecule has 0 spiro atoms. The van der Waals surface area contributed by atoms with Gasteiger partial charge in [0.05, 0.1) is 10.3 Å². The molecule has 1 saturated heterocycles. The van der Waals surface area contributed by atoms with Gasteiger partial charge in [0.1, 0.15) is 4.90 Å². The number of hydrogen-bond donors (Lipinski definition) is 1. The molecule has 0 aliphatic carbocycles. The highest BCUT2D eigenvalue weighted by Crippen LogP contribution is 2.24. The molecule has 8 heteroatoms. The predicted molar refractivity (Wildman–Crippen MR) is 95.4 cm³/mol. The highest BCUT2D eigenvalue weighted by Gasteiger charge is 2.27. The quantitative estimate of drug-likeness (QED) is 0.743. The van der Waals surface area contributed by atoms with Gasteiger partial charge in [-0.05, 0) is 37.8 Å². The molecule has 2 rings (SSSR count). The van der Waals surface area contributed by atoms with E-state index < -0.39 is 10.0 Å². The molecule has 1 N–H and O–H groups in total. The minimum Gasteiger partial charge on any atom is -0.355 e. The summed E-state index contributed by atoms with van der Waals surface area (Å²) < 4.78 is 26.4. The van der Waals surface area contributed by atoms with Crippen LogP contribution in [0.1, 0.15) is 33.6 Å². The van der Waals surface area contributed by atoms with Gasteiger partial charge in [0, 0.05) is 25.8 Å². The summed E-state index contributed by atoms with van der Waals surface area (Å²) in [7, 11) is -3.44. The van der Waals surface area contributed by atoms with Crippen LogP contribution in [0, 0.1) is 5.92 Å². The van der Waals surface area contributed by atoms with Crippen LogP contribution in [0.15, 0.2) is 28.3 Å². The van der Waals surface area contributed by atoms with Gasteiger partial charge >= 0.3 is 0 Å². The highest BCUT2D eigenvalue weighted by atomic mass is 32.2. The number of carbonyl (C=O) groups excluding carboxylic acids is 1. The fourth-order valence-electron chi connectivity index (χ4n) is 2.35. The summed E-state index contributed by atoms with van der Waals surface area (Å²) in [5, 5.41) is 3.25. The van der Waals surface area contributed by atoms with E-state index in [0.29, 0.717) is 30.6 Å². The zero-order valence-corrected chi connectivity index (χ0v) is 16.0. The molecule has 6 nitrogen and oxygen atoms in total. The maximum Gasteiger partial charge on any atom is 0.244 e. The smallest absolute Gasteiger partial charge is 0.244 e. The first-order valence-corrected chi connectivity index (χ1v) is 10.5. The van der Waals surface area contributed by atoms with E-state index in [1.807, 2.05) is 20.8 Å². The molecule has 0 radical (unpaired) electrons. The first-order valence-electron chi connectivity index (χ1n) is 8.21. The Balaban J connectivity index is 1.98. The molecule has 1 fully saturated rings. The fraction of sp³-hybridized carbons (Fsp3) is 0.625. The van der Waals surface area contributed by atoms with Crippen LogP contribution in [0.3, 0.4) is 0 Å². The number of nitrogens with one attached hydrogen (secondary N) is 1. The van der Waals surface area contributed by atoms with Crippen LogP contribution in [-0.4, -0.2) is 48.5 Å². The molecule has 134 valence electrons. The zero-order valence-electron chi connectivity index (χ0n) is 14.4. The van der Waals surface area contributed by atoms with E-state index in [4.69, 9.17) is 0 Å². The van der Waals surface area contributed by atoms with Crippen LogP contribution in [0.2, 0.25) is 0 Å². The summed E-state index contributed by atoms with van der Waals surface area (Å²) in [6.45, 7) is 7.69. The molecular formula is C16H25N3O3S2. The van der Waals surface area contributed by atoms with Gasteiger partial charge in [-0.3, -0.25) is 4.79 Å². The Morgan fingerprint density at radius 3 is 2.50 bits per heavy atom. The molecule has 1 atom stereocenters. The van der Waals surface area contributed by atoms with Crippen molar-refractivity contribution in [3.05, 3.63) is 18.3 Å². The molecular weight excluding hydrogens is 346 g/mol. The molecule has 1 amide bonds. The number of nitrogens with zero attached hydrogens (tertiary/aromatic N) is 2. The third-order valence-electron chi connectivity index (χ3n) is 3.76. The van der Waals surface area contributed by atoms with Gasteiger partial charge < -0.3 is 5.32 Å². The number of hydrogen-bond acceptors (Lipinski definition) is 5. The average molecular weight is 372 g/mol. The predicted octanol–water partition coefficient (Wildman–Crippen LogP) is 2.12. The lowest BCUT2D eigenvalue weighted by atomic mass is 10.2. The number of rotatable bonds is 7. The molecule has 1 unspecified atom stereocenters. The Morgan fingerprint density at radius 2 is 1.96 bits per heavy atom. The van der Waals surface area contributed by atoms with Crippen molar-refractivity contribution in [1.82, 2.24) is 14.6 Å². The van der Waals surface area contributed by atoms with Crippen LogP contribution in [0.5, 0.6) is 0 Å². The molecule has 0 aromatic carbocycles. The number of thioether (sulfide) groups is 1. The van der Waals surface area contributed by atoms with Gasteiger partial charge in [0.15, 0.2) is 0 Å². The van der Waals surface area contributed by atoms with Crippen LogP contribution in [-0.2, 0) is 14.8 Å². The zero-order chi connectivity index (χ0) is 17.7. The summed E-state index contributed by atoms with van der Waals surface area (Å²) in [4.78, 5) is 16.4. The lowest BCUT2D eigenvalue weighted by Gasteiger charge is -2.16. The number of amides is 1. The fourth-order valence-corrected chi connectivity index (χ4v) is 4.63.